The van der Waals surface area contributed by atoms with Crippen molar-refractivity contribution in [3.8, 4) is 17.0 Å². The van der Waals surface area contributed by atoms with E-state index in [0.717, 1.165) is 36.1 Å². The van der Waals surface area contributed by atoms with Gasteiger partial charge in [-0.1, -0.05) is 30.3 Å². The van der Waals surface area contributed by atoms with Gasteiger partial charge < -0.3 is 15.8 Å². The fraction of sp³-hybridized carbons (Fsp3) is 0.217. The summed E-state index contributed by atoms with van der Waals surface area (Å²) in [5.74, 6) is -0.548. The van der Waals surface area contributed by atoms with E-state index in [1.165, 1.54) is 6.07 Å². The monoisotopic (exact) mass is 409 g/mol. The molecule has 0 atom stereocenters. The lowest BCUT2D eigenvalue weighted by molar-refractivity contribution is -0.0531. The number of alkyl halides is 2. The lowest BCUT2D eigenvalue weighted by Gasteiger charge is -2.43. The second-order valence-corrected chi connectivity index (χ2v) is 7.32. The molecule has 4 rings (SSSR count). The van der Waals surface area contributed by atoms with E-state index in [9.17, 15) is 13.6 Å². The number of hydrogen-bond acceptors (Lipinski definition) is 4. The number of primary amides is 1. The third kappa shape index (κ3) is 4.10. The first-order valence-corrected chi connectivity index (χ1v) is 9.66. The summed E-state index contributed by atoms with van der Waals surface area (Å²) in [4.78, 5) is 15.7. The number of anilines is 1. The van der Waals surface area contributed by atoms with E-state index in [1.54, 1.807) is 24.3 Å². The van der Waals surface area contributed by atoms with Crippen LogP contribution in [0.15, 0.2) is 66.7 Å². The van der Waals surface area contributed by atoms with E-state index >= 15 is 0 Å². The van der Waals surface area contributed by atoms with Crippen molar-refractivity contribution in [1.29, 1.82) is 0 Å². The summed E-state index contributed by atoms with van der Waals surface area (Å²) in [5.41, 5.74) is 8.85. The zero-order chi connectivity index (χ0) is 21.1. The Morgan fingerprint density at radius 3 is 2.40 bits per heavy atom. The van der Waals surface area contributed by atoms with Crippen molar-refractivity contribution >= 4 is 11.6 Å². The Hall–Kier alpha value is -3.48. The minimum atomic E-state index is -2.90. The van der Waals surface area contributed by atoms with Crippen LogP contribution >= 0.6 is 0 Å². The van der Waals surface area contributed by atoms with Gasteiger partial charge in [-0.15, -0.1) is 0 Å². The number of nitrogens with one attached hydrogen (secondary N) is 1. The molecule has 1 amide bonds. The van der Waals surface area contributed by atoms with Crippen molar-refractivity contribution in [2.75, 3.05) is 5.32 Å². The van der Waals surface area contributed by atoms with Crippen LogP contribution in [0.25, 0.3) is 11.1 Å². The molecular formula is C23H21F2N3O2. The molecule has 0 spiro atoms. The Balaban J connectivity index is 1.55. The number of hydrogen-bond donors (Lipinski definition) is 2. The van der Waals surface area contributed by atoms with Crippen molar-refractivity contribution in [3.63, 3.8) is 0 Å². The summed E-state index contributed by atoms with van der Waals surface area (Å²) in [6.07, 6.45) is 2.72. The summed E-state index contributed by atoms with van der Waals surface area (Å²) in [6, 6.07) is 19.9. The molecule has 7 heteroatoms. The molecule has 0 radical (unpaired) electrons. The van der Waals surface area contributed by atoms with Crippen molar-refractivity contribution in [1.82, 2.24) is 4.98 Å². The van der Waals surface area contributed by atoms with Gasteiger partial charge in [-0.2, -0.15) is 8.78 Å². The summed E-state index contributed by atoms with van der Waals surface area (Å²) in [6.45, 7) is -2.90. The number of nitrogens with two attached hydrogens (primary N) is 1. The summed E-state index contributed by atoms with van der Waals surface area (Å²) >= 11 is 0. The van der Waals surface area contributed by atoms with Gasteiger partial charge >= 0.3 is 6.61 Å². The normalized spacial score (nSPS) is 14.8. The molecule has 154 valence electrons. The number of rotatable bonds is 7. The van der Waals surface area contributed by atoms with Crippen LogP contribution in [0.3, 0.4) is 0 Å². The molecule has 5 nitrogen and oxygen atoms in total. The van der Waals surface area contributed by atoms with E-state index in [1.807, 2.05) is 36.4 Å². The number of nitrogens with zero attached hydrogens (tertiary/aromatic N) is 1. The highest BCUT2D eigenvalue weighted by Crippen LogP contribution is 2.44. The maximum absolute atomic E-state index is 12.5. The van der Waals surface area contributed by atoms with Crippen LogP contribution in [0.2, 0.25) is 0 Å². The average Bonchev–Trinajstić information content (AvgIpc) is 2.71. The van der Waals surface area contributed by atoms with Gasteiger partial charge in [-0.05, 0) is 60.7 Å². The van der Waals surface area contributed by atoms with E-state index in [4.69, 9.17) is 5.73 Å². The number of amides is 1. The largest absolute Gasteiger partial charge is 0.417 e. The first-order chi connectivity index (χ1) is 14.4. The van der Waals surface area contributed by atoms with Crippen molar-refractivity contribution in [3.05, 3.63) is 78.0 Å². The smallest absolute Gasteiger partial charge is 0.388 e. The third-order valence-corrected chi connectivity index (χ3v) is 5.38. The zero-order valence-corrected chi connectivity index (χ0v) is 16.1. The van der Waals surface area contributed by atoms with Gasteiger partial charge in [-0.3, -0.25) is 4.79 Å². The Kier molecular flexibility index (Phi) is 5.35. The van der Waals surface area contributed by atoms with Crippen LogP contribution in [0, 0.1) is 0 Å². The highest BCUT2D eigenvalue weighted by molar-refractivity contribution is 5.94. The number of ether oxygens (including phenoxy) is 1. The van der Waals surface area contributed by atoms with Gasteiger partial charge in [0.25, 0.3) is 0 Å². The number of benzene rings is 2. The molecular weight excluding hydrogens is 388 g/mol. The van der Waals surface area contributed by atoms with Gasteiger partial charge in [0.15, 0.2) is 0 Å². The highest BCUT2D eigenvalue weighted by atomic mass is 19.3. The standard InChI is InChI=1S/C23H21F2N3O2/c24-22(25)30-20-7-2-6-19(27-20)23(12-3-13-23)28-18-10-8-15(9-11-18)16-4-1-5-17(14-16)21(26)29/h1-2,4-11,14,22,28H,3,12-13H2,(H2,26,29). The van der Waals surface area contributed by atoms with Gasteiger partial charge in [0.05, 0.1) is 11.2 Å². The Bertz CT molecular complexity index is 1050. The molecule has 0 bridgehead atoms. The average molecular weight is 409 g/mol. The molecule has 30 heavy (non-hydrogen) atoms. The first kappa shape index (κ1) is 19.8. The van der Waals surface area contributed by atoms with Crippen LogP contribution in [-0.2, 0) is 5.54 Å². The van der Waals surface area contributed by atoms with E-state index < -0.39 is 18.1 Å². The molecule has 2 aromatic carbocycles. The van der Waals surface area contributed by atoms with Crippen LogP contribution in [0.5, 0.6) is 5.88 Å². The third-order valence-electron chi connectivity index (χ3n) is 5.38. The first-order valence-electron chi connectivity index (χ1n) is 9.66. The molecule has 1 aromatic heterocycles. The molecule has 1 aliphatic carbocycles. The Labute approximate surface area is 172 Å². The quantitative estimate of drug-likeness (QED) is 0.579. The van der Waals surface area contributed by atoms with Gasteiger partial charge in [-0.25, -0.2) is 4.98 Å². The maximum Gasteiger partial charge on any atom is 0.388 e. The summed E-state index contributed by atoms with van der Waals surface area (Å²) < 4.78 is 29.5. The fourth-order valence-corrected chi connectivity index (χ4v) is 3.69. The number of halogens is 2. The van der Waals surface area contributed by atoms with Crippen LogP contribution in [0.1, 0.15) is 35.3 Å². The molecule has 1 aliphatic rings. The van der Waals surface area contributed by atoms with Gasteiger partial charge in [0.1, 0.15) is 0 Å². The fourth-order valence-electron chi connectivity index (χ4n) is 3.69. The zero-order valence-electron chi connectivity index (χ0n) is 16.1. The minimum absolute atomic E-state index is 0.0831. The maximum atomic E-state index is 12.5. The van der Waals surface area contributed by atoms with Crippen molar-refractivity contribution in [2.24, 2.45) is 5.73 Å². The minimum Gasteiger partial charge on any atom is -0.417 e. The van der Waals surface area contributed by atoms with Gasteiger partial charge in [0, 0.05) is 17.3 Å². The predicted molar refractivity (Wildman–Crippen MR) is 110 cm³/mol. The lowest BCUT2D eigenvalue weighted by Crippen LogP contribution is -2.42. The molecule has 1 saturated carbocycles. The molecule has 1 heterocycles. The van der Waals surface area contributed by atoms with Crippen molar-refractivity contribution in [2.45, 2.75) is 31.4 Å². The molecule has 3 aromatic rings. The van der Waals surface area contributed by atoms with Crippen LogP contribution in [0.4, 0.5) is 14.5 Å². The second kappa shape index (κ2) is 8.10. The Morgan fingerprint density at radius 2 is 1.77 bits per heavy atom. The predicted octanol–water partition coefficient (Wildman–Crippen LogP) is 4.94. The molecule has 1 fully saturated rings. The molecule has 3 N–H and O–H groups in total. The summed E-state index contributed by atoms with van der Waals surface area (Å²) in [7, 11) is 0. The number of carbonyl (C=O) groups is 1. The van der Waals surface area contributed by atoms with Gasteiger partial charge in [0.2, 0.25) is 11.8 Å². The Morgan fingerprint density at radius 1 is 1.03 bits per heavy atom. The van der Waals surface area contributed by atoms with E-state index in [-0.39, 0.29) is 5.88 Å². The number of pyridine rings is 1. The number of carbonyl (C=O) groups excluding carboxylic acids is 1. The molecule has 0 aliphatic heterocycles. The molecule has 0 unspecified atom stereocenters. The lowest BCUT2D eigenvalue weighted by atomic mass is 9.74. The van der Waals surface area contributed by atoms with Crippen LogP contribution < -0.4 is 15.8 Å². The highest BCUT2D eigenvalue weighted by Gasteiger charge is 2.40. The SMILES string of the molecule is NC(=O)c1cccc(-c2ccc(NC3(c4cccc(OC(F)F)n4)CCC3)cc2)c1. The van der Waals surface area contributed by atoms with Crippen molar-refractivity contribution < 1.29 is 18.3 Å². The topological polar surface area (TPSA) is 77.2 Å². The van der Waals surface area contributed by atoms with Crippen LogP contribution in [-0.4, -0.2) is 17.5 Å². The van der Waals surface area contributed by atoms with E-state index in [2.05, 4.69) is 15.0 Å². The van der Waals surface area contributed by atoms with E-state index in [0.29, 0.717) is 11.3 Å². The molecule has 0 saturated heterocycles. The number of aromatic nitrogens is 1. The summed E-state index contributed by atoms with van der Waals surface area (Å²) in [5, 5.41) is 3.52. The second-order valence-electron chi connectivity index (χ2n) is 7.32.